The Bertz CT molecular complexity index is 819. The Morgan fingerprint density at radius 1 is 1.16 bits per heavy atom. The number of para-hydroxylation sites is 1. The minimum atomic E-state index is -0.791. The molecule has 1 aliphatic carbocycles. The Labute approximate surface area is 184 Å². The highest BCUT2D eigenvalue weighted by atomic mass is 16.2. The summed E-state index contributed by atoms with van der Waals surface area (Å²) in [4.78, 5) is 44.1. The van der Waals surface area contributed by atoms with Crippen molar-refractivity contribution in [1.82, 2.24) is 15.1 Å². The van der Waals surface area contributed by atoms with E-state index in [1.165, 1.54) is 0 Å². The summed E-state index contributed by atoms with van der Waals surface area (Å²) in [6.45, 7) is 3.43. The Morgan fingerprint density at radius 3 is 2.55 bits per heavy atom. The molecule has 31 heavy (non-hydrogen) atoms. The quantitative estimate of drug-likeness (QED) is 0.710. The second-order valence-corrected chi connectivity index (χ2v) is 9.35. The van der Waals surface area contributed by atoms with Gasteiger partial charge in [-0.25, -0.2) is 4.79 Å². The summed E-state index contributed by atoms with van der Waals surface area (Å²) in [5.41, 5.74) is 0.321. The molecule has 3 fully saturated rings. The molecular formula is C24H34N4O3. The van der Waals surface area contributed by atoms with Gasteiger partial charge in [-0.05, 0) is 56.6 Å². The zero-order chi connectivity index (χ0) is 22.0. The van der Waals surface area contributed by atoms with Gasteiger partial charge in [0.05, 0.1) is 0 Å². The fraction of sp³-hybridized carbons (Fsp3) is 0.625. The fourth-order valence-corrected chi connectivity index (χ4v) is 5.42. The van der Waals surface area contributed by atoms with Crippen molar-refractivity contribution in [2.45, 2.75) is 63.5 Å². The molecule has 0 radical (unpaired) electrons. The first-order valence-corrected chi connectivity index (χ1v) is 11.6. The third-order valence-corrected chi connectivity index (χ3v) is 7.45. The fourth-order valence-electron chi connectivity index (χ4n) is 5.42. The van der Waals surface area contributed by atoms with E-state index in [9.17, 15) is 14.4 Å². The van der Waals surface area contributed by atoms with Crippen LogP contribution in [0.3, 0.4) is 0 Å². The number of urea groups is 1. The van der Waals surface area contributed by atoms with Crippen LogP contribution in [-0.2, 0) is 9.59 Å². The maximum atomic E-state index is 13.1. The monoisotopic (exact) mass is 426 g/mol. The number of carbonyl (C=O) groups excluding carboxylic acids is 3. The third kappa shape index (κ3) is 4.27. The Balaban J connectivity index is 1.38. The minimum Gasteiger partial charge on any atom is -0.373 e. The molecule has 1 saturated carbocycles. The largest absolute Gasteiger partial charge is 0.373 e. The molecule has 4 amide bonds. The molecule has 1 N–H and O–H groups in total. The SMILES string of the molecule is CCC1CCC2(CC1)NC(=O)N(CC(=O)N1CCC[C@H]1CN(C)c1ccccc1)C2=O. The number of anilines is 1. The van der Waals surface area contributed by atoms with Crippen LogP contribution < -0.4 is 10.2 Å². The van der Waals surface area contributed by atoms with Gasteiger partial charge in [0.25, 0.3) is 5.91 Å². The molecule has 1 spiro atoms. The molecule has 7 heteroatoms. The van der Waals surface area contributed by atoms with E-state index >= 15 is 0 Å². The second-order valence-electron chi connectivity index (χ2n) is 9.35. The number of likely N-dealkylation sites (tertiary alicyclic amines) is 1. The lowest BCUT2D eigenvalue weighted by molar-refractivity contribution is -0.140. The van der Waals surface area contributed by atoms with Crippen LogP contribution in [0.5, 0.6) is 0 Å². The topological polar surface area (TPSA) is 73.0 Å². The number of amides is 4. The lowest BCUT2D eigenvalue weighted by Crippen LogP contribution is -2.50. The molecule has 1 atom stereocenters. The highest BCUT2D eigenvalue weighted by Gasteiger charge is 2.53. The van der Waals surface area contributed by atoms with Crippen molar-refractivity contribution >= 4 is 23.5 Å². The van der Waals surface area contributed by atoms with E-state index in [-0.39, 0.29) is 24.4 Å². The summed E-state index contributed by atoms with van der Waals surface area (Å²) in [5.74, 6) is 0.280. The number of carbonyl (C=O) groups is 3. The summed E-state index contributed by atoms with van der Waals surface area (Å²) >= 11 is 0. The van der Waals surface area contributed by atoms with Gasteiger partial charge in [-0.3, -0.25) is 14.5 Å². The standard InChI is InChI=1S/C24H34N4O3/c1-3-18-11-13-24(14-12-18)22(30)28(23(31)25-24)17-21(29)27-15-7-10-20(27)16-26(2)19-8-5-4-6-9-19/h4-6,8-9,18,20H,3,7,10-17H2,1-2H3,(H,25,31)/t18?,20-,24?/m0/s1. The normalized spacial score (nSPS) is 28.3. The second kappa shape index (κ2) is 8.89. The first kappa shape index (κ1) is 21.7. The van der Waals surface area contributed by atoms with E-state index in [1.54, 1.807) is 0 Å². The van der Waals surface area contributed by atoms with Crippen molar-refractivity contribution in [3.63, 3.8) is 0 Å². The number of rotatable bonds is 6. The van der Waals surface area contributed by atoms with E-state index in [4.69, 9.17) is 0 Å². The van der Waals surface area contributed by atoms with Gasteiger partial charge < -0.3 is 15.1 Å². The number of hydrogen-bond donors (Lipinski definition) is 1. The first-order chi connectivity index (χ1) is 14.9. The molecule has 1 aromatic rings. The lowest BCUT2D eigenvalue weighted by atomic mass is 9.75. The third-order valence-electron chi connectivity index (χ3n) is 7.45. The average molecular weight is 427 g/mol. The molecule has 4 rings (SSSR count). The van der Waals surface area contributed by atoms with Gasteiger partial charge in [0, 0.05) is 31.9 Å². The van der Waals surface area contributed by atoms with Gasteiger partial charge in [0.15, 0.2) is 0 Å². The summed E-state index contributed by atoms with van der Waals surface area (Å²) in [7, 11) is 2.03. The van der Waals surface area contributed by atoms with Crippen LogP contribution in [-0.4, -0.2) is 65.9 Å². The number of nitrogens with one attached hydrogen (secondary N) is 1. The predicted octanol–water partition coefficient (Wildman–Crippen LogP) is 3.00. The summed E-state index contributed by atoms with van der Waals surface area (Å²) in [5, 5.41) is 2.93. The van der Waals surface area contributed by atoms with E-state index in [0.717, 1.165) is 49.2 Å². The Kier molecular flexibility index (Phi) is 6.21. The molecule has 1 aromatic carbocycles. The number of imide groups is 1. The van der Waals surface area contributed by atoms with Crippen LogP contribution >= 0.6 is 0 Å². The van der Waals surface area contributed by atoms with Crippen molar-refractivity contribution in [2.24, 2.45) is 5.92 Å². The number of hydrogen-bond acceptors (Lipinski definition) is 4. The Hall–Kier alpha value is -2.57. The van der Waals surface area contributed by atoms with Crippen molar-refractivity contribution in [2.75, 3.05) is 31.6 Å². The van der Waals surface area contributed by atoms with Gasteiger partial charge in [-0.15, -0.1) is 0 Å². The van der Waals surface area contributed by atoms with E-state index in [1.807, 2.05) is 30.1 Å². The van der Waals surface area contributed by atoms with E-state index < -0.39 is 11.6 Å². The molecule has 168 valence electrons. The van der Waals surface area contributed by atoms with E-state index in [0.29, 0.717) is 25.3 Å². The average Bonchev–Trinajstić information content (AvgIpc) is 3.33. The zero-order valence-electron chi connectivity index (χ0n) is 18.7. The minimum absolute atomic E-state index is 0.0902. The molecule has 2 heterocycles. The van der Waals surface area contributed by atoms with Gasteiger partial charge in [-0.1, -0.05) is 31.5 Å². The van der Waals surface area contributed by atoms with Gasteiger partial charge in [-0.2, -0.15) is 0 Å². The molecule has 3 aliphatic rings. The molecule has 0 unspecified atom stereocenters. The van der Waals surface area contributed by atoms with Crippen LogP contribution in [0.15, 0.2) is 30.3 Å². The lowest BCUT2D eigenvalue weighted by Gasteiger charge is -2.34. The molecule has 0 aromatic heterocycles. The van der Waals surface area contributed by atoms with Crippen molar-refractivity contribution in [1.29, 1.82) is 0 Å². The molecule has 2 aliphatic heterocycles. The highest BCUT2D eigenvalue weighted by molar-refractivity contribution is 6.09. The van der Waals surface area contributed by atoms with Crippen molar-refractivity contribution in [3.05, 3.63) is 30.3 Å². The van der Waals surface area contributed by atoms with Crippen LogP contribution in [0.2, 0.25) is 0 Å². The van der Waals surface area contributed by atoms with Crippen LogP contribution in [0.1, 0.15) is 51.9 Å². The Morgan fingerprint density at radius 2 is 1.87 bits per heavy atom. The summed E-state index contributed by atoms with van der Waals surface area (Å²) in [6.07, 6.45) is 6.24. The smallest absolute Gasteiger partial charge is 0.325 e. The van der Waals surface area contributed by atoms with Crippen LogP contribution in [0.25, 0.3) is 0 Å². The van der Waals surface area contributed by atoms with E-state index in [2.05, 4.69) is 29.3 Å². The van der Waals surface area contributed by atoms with Crippen molar-refractivity contribution in [3.8, 4) is 0 Å². The van der Waals surface area contributed by atoms with Crippen molar-refractivity contribution < 1.29 is 14.4 Å². The maximum Gasteiger partial charge on any atom is 0.325 e. The number of likely N-dealkylation sites (N-methyl/N-ethyl adjacent to an activating group) is 1. The summed E-state index contributed by atoms with van der Waals surface area (Å²) in [6, 6.07) is 9.79. The van der Waals surface area contributed by atoms with Gasteiger partial charge in [0.1, 0.15) is 12.1 Å². The number of benzene rings is 1. The molecular weight excluding hydrogens is 392 g/mol. The first-order valence-electron chi connectivity index (χ1n) is 11.6. The summed E-state index contributed by atoms with van der Waals surface area (Å²) < 4.78 is 0. The van der Waals surface area contributed by atoms with Gasteiger partial charge >= 0.3 is 6.03 Å². The molecule has 0 bridgehead atoms. The number of nitrogens with zero attached hydrogens (tertiary/aromatic N) is 3. The maximum absolute atomic E-state index is 13.1. The van der Waals surface area contributed by atoms with Crippen LogP contribution in [0, 0.1) is 5.92 Å². The van der Waals surface area contributed by atoms with Crippen LogP contribution in [0.4, 0.5) is 10.5 Å². The molecule has 7 nitrogen and oxygen atoms in total. The molecule has 2 saturated heterocycles. The van der Waals surface area contributed by atoms with Gasteiger partial charge in [0.2, 0.25) is 5.91 Å². The zero-order valence-corrected chi connectivity index (χ0v) is 18.7. The predicted molar refractivity (Wildman–Crippen MR) is 120 cm³/mol. The highest BCUT2D eigenvalue weighted by Crippen LogP contribution is 2.37.